The maximum absolute atomic E-state index is 11.1. The molecule has 0 amide bonds. The molecule has 1 rings (SSSR count). The largest absolute Gasteiger partial charge is 0.508 e. The molecule has 164 valence electrons. The van der Waals surface area contributed by atoms with Crippen molar-refractivity contribution in [3.05, 3.63) is 75.9 Å². The lowest BCUT2D eigenvalue weighted by Crippen LogP contribution is -1.97. The maximum Gasteiger partial charge on any atom is 0.335 e. The minimum atomic E-state index is -0.976. The first-order chi connectivity index (χ1) is 14.2. The number of hydrogen-bond donors (Lipinski definition) is 2. The van der Waals surface area contributed by atoms with E-state index in [2.05, 4.69) is 58.9 Å². The predicted octanol–water partition coefficient (Wildman–Crippen LogP) is 7.78. The fourth-order valence-electron chi connectivity index (χ4n) is 3.15. The van der Waals surface area contributed by atoms with E-state index < -0.39 is 5.97 Å². The van der Waals surface area contributed by atoms with E-state index in [9.17, 15) is 9.90 Å². The Morgan fingerprint density at radius 1 is 0.800 bits per heavy atom. The molecular formula is C27H38O3. The van der Waals surface area contributed by atoms with Gasteiger partial charge in [0.1, 0.15) is 5.75 Å². The highest BCUT2D eigenvalue weighted by molar-refractivity contribution is 5.88. The topological polar surface area (TPSA) is 57.5 Å². The molecule has 2 N–H and O–H groups in total. The summed E-state index contributed by atoms with van der Waals surface area (Å²) in [5.74, 6) is -0.834. The van der Waals surface area contributed by atoms with Crippen LogP contribution in [-0.2, 0) is 6.42 Å². The standard InChI is InChI=1S/C27H38O3/c1-20(2)9-6-10-21(3)11-7-12-22(4)13-8-14-23(5)15-16-24-19-25(27(29)30)17-18-26(24)28/h9,11,13,15,17-19,28H,6-8,10,12,14,16H2,1-5H3,(H,29,30)/b21-11+,22-13?,23-15?. The summed E-state index contributed by atoms with van der Waals surface area (Å²) in [6.07, 6.45) is 16.0. The van der Waals surface area contributed by atoms with Crippen molar-refractivity contribution in [2.24, 2.45) is 0 Å². The van der Waals surface area contributed by atoms with Gasteiger partial charge in [-0.3, -0.25) is 0 Å². The van der Waals surface area contributed by atoms with Gasteiger partial charge in [-0.05, 0) is 103 Å². The number of carboxylic acid groups (broad SMARTS) is 1. The molecule has 1 aromatic carbocycles. The fourth-order valence-corrected chi connectivity index (χ4v) is 3.15. The Hall–Kier alpha value is -2.55. The van der Waals surface area contributed by atoms with Gasteiger partial charge in [0.05, 0.1) is 5.56 Å². The molecule has 0 unspecified atom stereocenters. The molecule has 0 atom stereocenters. The molecule has 30 heavy (non-hydrogen) atoms. The summed E-state index contributed by atoms with van der Waals surface area (Å²) in [6.45, 7) is 10.8. The summed E-state index contributed by atoms with van der Waals surface area (Å²) in [4.78, 5) is 11.1. The zero-order valence-corrected chi connectivity index (χ0v) is 19.3. The highest BCUT2D eigenvalue weighted by Crippen LogP contribution is 2.21. The van der Waals surface area contributed by atoms with Crippen molar-refractivity contribution in [1.82, 2.24) is 0 Å². The van der Waals surface area contributed by atoms with Crippen LogP contribution in [0.2, 0.25) is 0 Å². The van der Waals surface area contributed by atoms with Gasteiger partial charge in [-0.15, -0.1) is 0 Å². The number of carbonyl (C=O) groups is 1. The number of aromatic carboxylic acids is 1. The molecule has 1 aromatic rings. The Morgan fingerprint density at radius 3 is 1.80 bits per heavy atom. The maximum atomic E-state index is 11.1. The van der Waals surface area contributed by atoms with Crippen LogP contribution in [0.4, 0.5) is 0 Å². The van der Waals surface area contributed by atoms with Crippen molar-refractivity contribution in [3.8, 4) is 5.75 Å². The first-order valence-electron chi connectivity index (χ1n) is 10.8. The predicted molar refractivity (Wildman–Crippen MR) is 127 cm³/mol. The lowest BCUT2D eigenvalue weighted by Gasteiger charge is -2.05. The number of aromatic hydroxyl groups is 1. The molecule has 0 aliphatic carbocycles. The van der Waals surface area contributed by atoms with Crippen LogP contribution < -0.4 is 0 Å². The summed E-state index contributed by atoms with van der Waals surface area (Å²) >= 11 is 0. The van der Waals surface area contributed by atoms with Crippen LogP contribution in [-0.4, -0.2) is 16.2 Å². The molecule has 0 aromatic heterocycles. The highest BCUT2D eigenvalue weighted by atomic mass is 16.4. The van der Waals surface area contributed by atoms with Gasteiger partial charge >= 0.3 is 5.97 Å². The molecule has 0 aliphatic heterocycles. The van der Waals surface area contributed by atoms with Crippen molar-refractivity contribution in [1.29, 1.82) is 0 Å². The van der Waals surface area contributed by atoms with E-state index in [1.165, 1.54) is 34.4 Å². The van der Waals surface area contributed by atoms with Gasteiger partial charge in [-0.25, -0.2) is 4.79 Å². The fraction of sp³-hybridized carbons (Fsp3) is 0.444. The molecule has 0 bridgehead atoms. The van der Waals surface area contributed by atoms with Gasteiger partial charge in [0.2, 0.25) is 0 Å². The average molecular weight is 411 g/mol. The lowest BCUT2D eigenvalue weighted by atomic mass is 10.0. The molecule has 0 heterocycles. The minimum absolute atomic E-state index is 0.143. The molecule has 0 saturated heterocycles. The van der Waals surface area contributed by atoms with Gasteiger partial charge in [-0.2, -0.15) is 0 Å². The second kappa shape index (κ2) is 13.6. The smallest absolute Gasteiger partial charge is 0.335 e. The number of benzene rings is 1. The first kappa shape index (κ1) is 25.5. The van der Waals surface area contributed by atoms with Crippen molar-refractivity contribution in [2.75, 3.05) is 0 Å². The van der Waals surface area contributed by atoms with E-state index in [-0.39, 0.29) is 11.3 Å². The Bertz CT molecular complexity index is 819. The SMILES string of the molecule is CC(C)=CCC/C(C)=C/CCC(C)=CCCC(C)=CCc1cc(C(=O)O)ccc1O. The van der Waals surface area contributed by atoms with Crippen molar-refractivity contribution < 1.29 is 15.0 Å². The van der Waals surface area contributed by atoms with Gasteiger partial charge < -0.3 is 10.2 Å². The van der Waals surface area contributed by atoms with Gasteiger partial charge in [-0.1, -0.05) is 46.6 Å². The molecule has 0 aliphatic rings. The van der Waals surface area contributed by atoms with E-state index in [0.717, 1.165) is 38.5 Å². The number of allylic oxidation sites excluding steroid dienone is 8. The van der Waals surface area contributed by atoms with Crippen molar-refractivity contribution >= 4 is 5.97 Å². The number of carboxylic acids is 1. The van der Waals surface area contributed by atoms with Crippen LogP contribution in [0.3, 0.4) is 0 Å². The summed E-state index contributed by atoms with van der Waals surface area (Å²) in [5, 5.41) is 19.0. The lowest BCUT2D eigenvalue weighted by molar-refractivity contribution is 0.0696. The van der Waals surface area contributed by atoms with Crippen LogP contribution >= 0.6 is 0 Å². The molecule has 0 fully saturated rings. The second-order valence-electron chi connectivity index (χ2n) is 8.40. The number of rotatable bonds is 12. The Labute approximate surface area is 182 Å². The van der Waals surface area contributed by atoms with E-state index in [4.69, 9.17) is 5.11 Å². The van der Waals surface area contributed by atoms with Gasteiger partial charge in [0.15, 0.2) is 0 Å². The Kier molecular flexibility index (Phi) is 11.6. The number of hydrogen-bond acceptors (Lipinski definition) is 2. The zero-order chi connectivity index (χ0) is 22.5. The van der Waals surface area contributed by atoms with E-state index in [1.807, 2.05) is 0 Å². The molecule has 0 radical (unpaired) electrons. The first-order valence-corrected chi connectivity index (χ1v) is 10.8. The van der Waals surface area contributed by atoms with Crippen LogP contribution in [0.15, 0.2) is 64.8 Å². The number of phenols is 1. The monoisotopic (exact) mass is 410 g/mol. The second-order valence-corrected chi connectivity index (χ2v) is 8.40. The summed E-state index contributed by atoms with van der Waals surface area (Å²) in [7, 11) is 0. The normalized spacial score (nSPS) is 12.8. The van der Waals surface area contributed by atoms with Crippen LogP contribution in [0.5, 0.6) is 5.75 Å². The van der Waals surface area contributed by atoms with Crippen LogP contribution in [0.25, 0.3) is 0 Å². The Morgan fingerprint density at radius 2 is 1.30 bits per heavy atom. The van der Waals surface area contributed by atoms with Crippen molar-refractivity contribution in [3.63, 3.8) is 0 Å². The molecule has 3 nitrogen and oxygen atoms in total. The highest BCUT2D eigenvalue weighted by Gasteiger charge is 2.07. The van der Waals surface area contributed by atoms with E-state index in [1.54, 1.807) is 6.07 Å². The summed E-state index contributed by atoms with van der Waals surface area (Å²) < 4.78 is 0. The molecular weight excluding hydrogens is 372 g/mol. The molecule has 0 spiro atoms. The van der Waals surface area contributed by atoms with Crippen molar-refractivity contribution in [2.45, 2.75) is 79.6 Å². The third-order valence-electron chi connectivity index (χ3n) is 5.15. The zero-order valence-electron chi connectivity index (χ0n) is 19.3. The minimum Gasteiger partial charge on any atom is -0.508 e. The molecule has 3 heteroatoms. The van der Waals surface area contributed by atoms with Gasteiger partial charge in [0.25, 0.3) is 0 Å². The van der Waals surface area contributed by atoms with Crippen LogP contribution in [0.1, 0.15) is 89.1 Å². The van der Waals surface area contributed by atoms with Crippen LogP contribution in [0, 0.1) is 0 Å². The van der Waals surface area contributed by atoms with E-state index in [0.29, 0.717) is 12.0 Å². The van der Waals surface area contributed by atoms with Gasteiger partial charge in [0, 0.05) is 0 Å². The average Bonchev–Trinajstić information content (AvgIpc) is 2.66. The third-order valence-corrected chi connectivity index (χ3v) is 5.15. The third kappa shape index (κ3) is 10.8. The molecule has 0 saturated carbocycles. The summed E-state index contributed by atoms with van der Waals surface area (Å²) in [6, 6.07) is 4.41. The Balaban J connectivity index is 2.42. The number of phenolic OH excluding ortho intramolecular Hbond substituents is 1. The van der Waals surface area contributed by atoms with E-state index >= 15 is 0 Å². The summed E-state index contributed by atoms with van der Waals surface area (Å²) in [5.41, 5.74) is 6.37. The quantitative estimate of drug-likeness (QED) is 0.346.